The van der Waals surface area contributed by atoms with Crippen molar-refractivity contribution >= 4 is 11.3 Å². The maximum atomic E-state index is 11.4. The van der Waals surface area contributed by atoms with Gasteiger partial charge < -0.3 is 4.98 Å². The summed E-state index contributed by atoms with van der Waals surface area (Å²) in [7, 11) is 0. The highest BCUT2D eigenvalue weighted by Crippen LogP contribution is 2.19. The standard InChI is InChI=1S/C10H11N3OS/c1-6(2)7-3-9(14)13-10(12-7)8-4-11-5-15-8/h3-6H,1-2H3,(H,12,13,14). The second-order valence-electron chi connectivity index (χ2n) is 3.54. The minimum absolute atomic E-state index is 0.114. The Morgan fingerprint density at radius 1 is 1.47 bits per heavy atom. The first kappa shape index (κ1) is 10.0. The first-order valence-corrected chi connectivity index (χ1v) is 5.55. The fourth-order valence-electron chi connectivity index (χ4n) is 1.22. The topological polar surface area (TPSA) is 58.6 Å². The van der Waals surface area contributed by atoms with Crippen LogP contribution >= 0.6 is 11.3 Å². The van der Waals surface area contributed by atoms with Crippen molar-refractivity contribution in [2.24, 2.45) is 0 Å². The summed E-state index contributed by atoms with van der Waals surface area (Å²) < 4.78 is 0. The van der Waals surface area contributed by atoms with Gasteiger partial charge in [0.15, 0.2) is 5.82 Å². The fourth-order valence-corrected chi connectivity index (χ4v) is 1.79. The van der Waals surface area contributed by atoms with Crippen LogP contribution in [0.5, 0.6) is 0 Å². The Bertz CT molecular complexity index is 502. The van der Waals surface area contributed by atoms with E-state index in [-0.39, 0.29) is 11.5 Å². The van der Waals surface area contributed by atoms with Crippen LogP contribution in [0, 0.1) is 0 Å². The normalized spacial score (nSPS) is 10.9. The minimum atomic E-state index is -0.114. The van der Waals surface area contributed by atoms with E-state index in [0.717, 1.165) is 10.6 Å². The summed E-state index contributed by atoms with van der Waals surface area (Å²) in [6.07, 6.45) is 1.70. The third-order valence-corrected chi connectivity index (χ3v) is 2.80. The van der Waals surface area contributed by atoms with Crippen LogP contribution in [0.15, 0.2) is 22.6 Å². The smallest absolute Gasteiger partial charge is 0.251 e. The van der Waals surface area contributed by atoms with Gasteiger partial charge in [0.25, 0.3) is 5.56 Å². The molecule has 2 rings (SSSR count). The van der Waals surface area contributed by atoms with Gasteiger partial charge >= 0.3 is 0 Å². The molecule has 2 aromatic rings. The highest BCUT2D eigenvalue weighted by molar-refractivity contribution is 7.13. The van der Waals surface area contributed by atoms with E-state index in [9.17, 15) is 4.79 Å². The highest BCUT2D eigenvalue weighted by atomic mass is 32.1. The van der Waals surface area contributed by atoms with Gasteiger partial charge in [-0.1, -0.05) is 13.8 Å². The molecule has 15 heavy (non-hydrogen) atoms. The van der Waals surface area contributed by atoms with E-state index < -0.39 is 0 Å². The van der Waals surface area contributed by atoms with Crippen molar-refractivity contribution in [3.05, 3.63) is 33.8 Å². The average molecular weight is 221 g/mol. The van der Waals surface area contributed by atoms with Gasteiger partial charge in [0, 0.05) is 12.3 Å². The van der Waals surface area contributed by atoms with E-state index in [4.69, 9.17) is 0 Å². The zero-order valence-corrected chi connectivity index (χ0v) is 9.34. The molecule has 5 heteroatoms. The van der Waals surface area contributed by atoms with Crippen LogP contribution in [0.3, 0.4) is 0 Å². The summed E-state index contributed by atoms with van der Waals surface area (Å²) in [5.41, 5.74) is 2.41. The average Bonchev–Trinajstić information content (AvgIpc) is 2.69. The van der Waals surface area contributed by atoms with Gasteiger partial charge in [-0.3, -0.25) is 9.78 Å². The van der Waals surface area contributed by atoms with Gasteiger partial charge in [-0.25, -0.2) is 4.98 Å². The van der Waals surface area contributed by atoms with Gasteiger partial charge in [0.05, 0.1) is 16.1 Å². The monoisotopic (exact) mass is 221 g/mol. The van der Waals surface area contributed by atoms with Crippen molar-refractivity contribution in [1.29, 1.82) is 0 Å². The van der Waals surface area contributed by atoms with Crippen molar-refractivity contribution in [2.45, 2.75) is 19.8 Å². The quantitative estimate of drug-likeness (QED) is 0.844. The van der Waals surface area contributed by atoms with Gasteiger partial charge in [-0.2, -0.15) is 0 Å². The SMILES string of the molecule is CC(C)c1cc(=O)[nH]c(-c2cncs2)n1. The van der Waals surface area contributed by atoms with Gasteiger partial charge in [-0.05, 0) is 5.92 Å². The molecule has 0 atom stereocenters. The summed E-state index contributed by atoms with van der Waals surface area (Å²) in [5, 5.41) is 0. The molecule has 78 valence electrons. The van der Waals surface area contributed by atoms with Crippen molar-refractivity contribution in [1.82, 2.24) is 15.0 Å². The van der Waals surface area contributed by atoms with E-state index in [0.29, 0.717) is 5.82 Å². The third-order valence-electron chi connectivity index (χ3n) is 2.02. The van der Waals surface area contributed by atoms with E-state index in [1.165, 1.54) is 17.4 Å². The second-order valence-corrected chi connectivity index (χ2v) is 4.43. The Hall–Kier alpha value is -1.49. The molecular formula is C10H11N3OS. The lowest BCUT2D eigenvalue weighted by atomic mass is 10.1. The lowest BCUT2D eigenvalue weighted by molar-refractivity contribution is 0.812. The van der Waals surface area contributed by atoms with Gasteiger partial charge in [0.1, 0.15) is 0 Å². The minimum Gasteiger partial charge on any atom is -0.306 e. The van der Waals surface area contributed by atoms with Crippen LogP contribution in [0.25, 0.3) is 10.7 Å². The van der Waals surface area contributed by atoms with Crippen molar-refractivity contribution < 1.29 is 0 Å². The third kappa shape index (κ3) is 2.12. The molecule has 0 amide bonds. The maximum absolute atomic E-state index is 11.4. The second kappa shape index (κ2) is 3.94. The summed E-state index contributed by atoms with van der Waals surface area (Å²) >= 11 is 1.46. The lowest BCUT2D eigenvalue weighted by Crippen LogP contribution is -2.10. The molecule has 0 spiro atoms. The largest absolute Gasteiger partial charge is 0.306 e. The number of H-pyrrole nitrogens is 1. The number of aromatic nitrogens is 3. The summed E-state index contributed by atoms with van der Waals surface area (Å²) in [5.74, 6) is 0.854. The van der Waals surface area contributed by atoms with Crippen LogP contribution in [-0.4, -0.2) is 15.0 Å². The number of nitrogens with zero attached hydrogens (tertiary/aromatic N) is 2. The molecule has 0 aliphatic carbocycles. The molecule has 4 nitrogen and oxygen atoms in total. The first-order valence-electron chi connectivity index (χ1n) is 4.67. The van der Waals surface area contributed by atoms with E-state index in [2.05, 4.69) is 15.0 Å². The molecule has 0 saturated heterocycles. The Labute approximate surface area is 91.0 Å². The van der Waals surface area contributed by atoms with Gasteiger partial charge in [-0.15, -0.1) is 11.3 Å². The molecule has 2 heterocycles. The van der Waals surface area contributed by atoms with Crippen LogP contribution in [-0.2, 0) is 0 Å². The highest BCUT2D eigenvalue weighted by Gasteiger charge is 2.07. The number of hydrogen-bond donors (Lipinski definition) is 1. The zero-order chi connectivity index (χ0) is 10.8. The number of rotatable bonds is 2. The molecule has 2 aromatic heterocycles. The van der Waals surface area contributed by atoms with E-state index >= 15 is 0 Å². The molecule has 0 bridgehead atoms. The molecule has 0 radical (unpaired) electrons. The Morgan fingerprint density at radius 3 is 2.87 bits per heavy atom. The van der Waals surface area contributed by atoms with E-state index in [1.54, 1.807) is 11.7 Å². The molecular weight excluding hydrogens is 210 g/mol. The Balaban J connectivity index is 2.54. The number of thiazole rings is 1. The molecule has 0 aliphatic heterocycles. The predicted molar refractivity (Wildman–Crippen MR) is 60.1 cm³/mol. The summed E-state index contributed by atoms with van der Waals surface area (Å²) in [6.45, 7) is 4.02. The molecule has 0 fully saturated rings. The molecule has 0 saturated carbocycles. The lowest BCUT2D eigenvalue weighted by Gasteiger charge is -2.04. The molecule has 0 aromatic carbocycles. The van der Waals surface area contributed by atoms with Crippen molar-refractivity contribution in [2.75, 3.05) is 0 Å². The molecule has 0 unspecified atom stereocenters. The summed E-state index contributed by atoms with van der Waals surface area (Å²) in [6, 6.07) is 1.54. The van der Waals surface area contributed by atoms with Crippen LogP contribution in [0.4, 0.5) is 0 Å². The maximum Gasteiger partial charge on any atom is 0.251 e. The fraction of sp³-hybridized carbons (Fsp3) is 0.300. The Kier molecular flexibility index (Phi) is 2.64. The number of aromatic amines is 1. The van der Waals surface area contributed by atoms with Crippen LogP contribution in [0.1, 0.15) is 25.5 Å². The number of hydrogen-bond acceptors (Lipinski definition) is 4. The van der Waals surface area contributed by atoms with Gasteiger partial charge in [0.2, 0.25) is 0 Å². The van der Waals surface area contributed by atoms with Crippen molar-refractivity contribution in [3.63, 3.8) is 0 Å². The predicted octanol–water partition coefficient (Wildman–Crippen LogP) is 2.02. The number of nitrogens with one attached hydrogen (secondary N) is 1. The zero-order valence-electron chi connectivity index (χ0n) is 8.52. The summed E-state index contributed by atoms with van der Waals surface area (Å²) in [4.78, 5) is 23.3. The Morgan fingerprint density at radius 2 is 2.27 bits per heavy atom. The van der Waals surface area contributed by atoms with Crippen molar-refractivity contribution in [3.8, 4) is 10.7 Å². The first-order chi connectivity index (χ1) is 7.16. The van der Waals surface area contributed by atoms with E-state index in [1.807, 2.05) is 13.8 Å². The molecule has 1 N–H and O–H groups in total. The van der Waals surface area contributed by atoms with Crippen LogP contribution in [0.2, 0.25) is 0 Å². The van der Waals surface area contributed by atoms with Crippen LogP contribution < -0.4 is 5.56 Å². The molecule has 0 aliphatic rings.